The van der Waals surface area contributed by atoms with Crippen molar-refractivity contribution < 1.29 is 9.59 Å². The lowest BCUT2D eigenvalue weighted by molar-refractivity contribution is -0.121. The molecular weight excluding hydrogens is 290 g/mol. The summed E-state index contributed by atoms with van der Waals surface area (Å²) in [6.45, 7) is 0. The van der Waals surface area contributed by atoms with E-state index >= 15 is 0 Å². The highest BCUT2D eigenvalue weighted by Crippen LogP contribution is 2.25. The van der Waals surface area contributed by atoms with Crippen LogP contribution in [0.1, 0.15) is 6.42 Å². The molecule has 0 radical (unpaired) electrons. The minimum Gasteiger partial charge on any atom is -0.373 e. The second kappa shape index (κ2) is 5.28. The average Bonchev–Trinajstić information content (AvgIpc) is 3.13. The lowest BCUT2D eigenvalue weighted by atomic mass is 10.2. The molecule has 2 heterocycles. The zero-order chi connectivity index (χ0) is 15.8. The molecule has 114 valence electrons. The molecule has 0 bridgehead atoms. The summed E-state index contributed by atoms with van der Waals surface area (Å²) < 4.78 is 0. The van der Waals surface area contributed by atoms with E-state index in [2.05, 4.69) is 10.3 Å². The Balaban J connectivity index is 1.58. The largest absolute Gasteiger partial charge is 0.373 e. The van der Waals surface area contributed by atoms with Crippen LogP contribution in [0, 0.1) is 0 Å². The van der Waals surface area contributed by atoms with Gasteiger partial charge in [0.05, 0.1) is 12.1 Å². The number of carbonyl (C=O) groups is 2. The number of aromatic nitrogens is 1. The monoisotopic (exact) mass is 305 g/mol. The van der Waals surface area contributed by atoms with Crippen LogP contribution in [0.5, 0.6) is 0 Å². The van der Waals surface area contributed by atoms with Crippen molar-refractivity contribution in [1.29, 1.82) is 0 Å². The number of benzene rings is 2. The van der Waals surface area contributed by atoms with Crippen LogP contribution in [0.4, 0.5) is 11.4 Å². The van der Waals surface area contributed by atoms with Gasteiger partial charge in [-0.25, -0.2) is 4.90 Å². The molecule has 0 spiro atoms. The Labute approximate surface area is 132 Å². The van der Waals surface area contributed by atoms with Gasteiger partial charge in [-0.15, -0.1) is 0 Å². The maximum atomic E-state index is 12.6. The first kappa shape index (κ1) is 13.6. The molecule has 1 fully saturated rings. The van der Waals surface area contributed by atoms with Gasteiger partial charge in [0.25, 0.3) is 5.91 Å². The van der Waals surface area contributed by atoms with Gasteiger partial charge in [-0.2, -0.15) is 0 Å². The Morgan fingerprint density at radius 1 is 1.04 bits per heavy atom. The van der Waals surface area contributed by atoms with E-state index in [0.717, 1.165) is 16.6 Å². The van der Waals surface area contributed by atoms with Crippen LogP contribution in [-0.2, 0) is 9.59 Å². The fraction of sp³-hybridized carbons (Fsp3) is 0.111. The van der Waals surface area contributed by atoms with Gasteiger partial charge in [0.15, 0.2) is 0 Å². The SMILES string of the molecule is O=C1C[C@H](Nc2ccc3cc[nH]c3c2)C(=O)N1c1ccccc1. The van der Waals surface area contributed by atoms with Crippen molar-refractivity contribution in [3.05, 3.63) is 60.8 Å². The predicted molar refractivity (Wildman–Crippen MR) is 89.3 cm³/mol. The van der Waals surface area contributed by atoms with Gasteiger partial charge in [0, 0.05) is 17.4 Å². The molecule has 3 aromatic rings. The summed E-state index contributed by atoms with van der Waals surface area (Å²) in [6, 6.07) is 16.3. The molecule has 1 saturated heterocycles. The fourth-order valence-electron chi connectivity index (χ4n) is 2.93. The summed E-state index contributed by atoms with van der Waals surface area (Å²) in [5.41, 5.74) is 2.43. The number of fused-ring (bicyclic) bond motifs is 1. The third kappa shape index (κ3) is 2.36. The smallest absolute Gasteiger partial charge is 0.256 e. The summed E-state index contributed by atoms with van der Waals surface area (Å²) in [5, 5.41) is 4.28. The summed E-state index contributed by atoms with van der Waals surface area (Å²) in [5.74, 6) is -0.396. The van der Waals surface area contributed by atoms with Gasteiger partial charge in [-0.05, 0) is 35.7 Å². The van der Waals surface area contributed by atoms with Crippen LogP contribution in [0.3, 0.4) is 0 Å². The van der Waals surface area contributed by atoms with Crippen molar-refractivity contribution in [1.82, 2.24) is 4.98 Å². The van der Waals surface area contributed by atoms with E-state index in [1.807, 2.05) is 48.7 Å². The Hall–Kier alpha value is -3.08. The Kier molecular flexibility index (Phi) is 3.12. The van der Waals surface area contributed by atoms with Gasteiger partial charge in [-0.1, -0.05) is 24.3 Å². The third-order valence-electron chi connectivity index (χ3n) is 4.06. The number of hydrogen-bond acceptors (Lipinski definition) is 3. The number of nitrogens with zero attached hydrogens (tertiary/aromatic N) is 1. The third-order valence-corrected chi connectivity index (χ3v) is 4.06. The van der Waals surface area contributed by atoms with Crippen molar-refractivity contribution in [2.75, 3.05) is 10.2 Å². The summed E-state index contributed by atoms with van der Waals surface area (Å²) in [7, 11) is 0. The molecule has 1 aliphatic heterocycles. The van der Waals surface area contributed by atoms with Crippen molar-refractivity contribution >= 4 is 34.1 Å². The van der Waals surface area contributed by atoms with E-state index in [4.69, 9.17) is 0 Å². The van der Waals surface area contributed by atoms with Gasteiger partial charge in [-0.3, -0.25) is 9.59 Å². The first-order valence-electron chi connectivity index (χ1n) is 7.48. The molecule has 1 atom stereocenters. The van der Waals surface area contributed by atoms with E-state index in [9.17, 15) is 9.59 Å². The van der Waals surface area contributed by atoms with Gasteiger partial charge >= 0.3 is 0 Å². The molecule has 2 N–H and O–H groups in total. The first-order valence-corrected chi connectivity index (χ1v) is 7.48. The van der Waals surface area contributed by atoms with Gasteiger partial charge in [0.1, 0.15) is 6.04 Å². The number of hydrogen-bond donors (Lipinski definition) is 2. The lowest BCUT2D eigenvalue weighted by Gasteiger charge is -2.16. The molecule has 2 amide bonds. The molecule has 1 aromatic heterocycles. The van der Waals surface area contributed by atoms with Crippen LogP contribution in [0.2, 0.25) is 0 Å². The minimum absolute atomic E-state index is 0.163. The van der Waals surface area contributed by atoms with Gasteiger partial charge < -0.3 is 10.3 Å². The number of imide groups is 1. The van der Waals surface area contributed by atoms with E-state index in [-0.39, 0.29) is 18.2 Å². The Bertz CT molecular complexity index is 885. The zero-order valence-electron chi connectivity index (χ0n) is 12.3. The van der Waals surface area contributed by atoms with Crippen LogP contribution >= 0.6 is 0 Å². The number of aromatic amines is 1. The molecule has 4 rings (SSSR count). The quantitative estimate of drug-likeness (QED) is 0.731. The molecular formula is C18H15N3O2. The van der Waals surface area contributed by atoms with Crippen LogP contribution in [0.25, 0.3) is 10.9 Å². The topological polar surface area (TPSA) is 65.2 Å². The number of para-hydroxylation sites is 1. The normalized spacial score (nSPS) is 17.9. The van der Waals surface area contributed by atoms with E-state index in [0.29, 0.717) is 5.69 Å². The number of H-pyrrole nitrogens is 1. The molecule has 23 heavy (non-hydrogen) atoms. The van der Waals surface area contributed by atoms with E-state index in [1.165, 1.54) is 4.90 Å². The highest BCUT2D eigenvalue weighted by Gasteiger charge is 2.39. The molecule has 5 heteroatoms. The number of rotatable bonds is 3. The summed E-state index contributed by atoms with van der Waals surface area (Å²) in [6.07, 6.45) is 2.03. The number of amides is 2. The second-order valence-electron chi connectivity index (χ2n) is 5.58. The second-order valence-corrected chi connectivity index (χ2v) is 5.58. The zero-order valence-corrected chi connectivity index (χ0v) is 12.3. The van der Waals surface area contributed by atoms with Crippen molar-refractivity contribution in [2.45, 2.75) is 12.5 Å². The maximum absolute atomic E-state index is 12.6. The Morgan fingerprint density at radius 2 is 1.87 bits per heavy atom. The number of nitrogens with one attached hydrogen (secondary N) is 2. The highest BCUT2D eigenvalue weighted by atomic mass is 16.2. The maximum Gasteiger partial charge on any atom is 0.256 e. The molecule has 2 aromatic carbocycles. The lowest BCUT2D eigenvalue weighted by Crippen LogP contribution is -2.34. The van der Waals surface area contributed by atoms with Crippen molar-refractivity contribution in [2.24, 2.45) is 0 Å². The molecule has 1 aliphatic rings. The predicted octanol–water partition coefficient (Wildman–Crippen LogP) is 2.91. The summed E-state index contributed by atoms with van der Waals surface area (Å²) in [4.78, 5) is 29.2. The van der Waals surface area contributed by atoms with E-state index in [1.54, 1.807) is 12.1 Å². The Morgan fingerprint density at radius 3 is 2.70 bits per heavy atom. The first-order chi connectivity index (χ1) is 11.2. The summed E-state index contributed by atoms with van der Waals surface area (Å²) >= 11 is 0. The number of carbonyl (C=O) groups excluding carboxylic acids is 2. The average molecular weight is 305 g/mol. The molecule has 0 unspecified atom stereocenters. The van der Waals surface area contributed by atoms with Crippen LogP contribution < -0.4 is 10.2 Å². The van der Waals surface area contributed by atoms with Crippen LogP contribution in [0.15, 0.2) is 60.8 Å². The number of anilines is 2. The van der Waals surface area contributed by atoms with Crippen molar-refractivity contribution in [3.8, 4) is 0 Å². The molecule has 5 nitrogen and oxygen atoms in total. The van der Waals surface area contributed by atoms with E-state index < -0.39 is 6.04 Å². The van der Waals surface area contributed by atoms with Crippen molar-refractivity contribution in [3.63, 3.8) is 0 Å². The van der Waals surface area contributed by atoms with Gasteiger partial charge in [0.2, 0.25) is 5.91 Å². The molecule has 0 aliphatic carbocycles. The minimum atomic E-state index is -0.532. The fourth-order valence-corrected chi connectivity index (χ4v) is 2.93. The van der Waals surface area contributed by atoms with Crippen LogP contribution in [-0.4, -0.2) is 22.8 Å². The highest BCUT2D eigenvalue weighted by molar-refractivity contribution is 6.23. The standard InChI is InChI=1S/C18H15N3O2/c22-17-11-16(18(23)21(17)14-4-2-1-3-5-14)20-13-7-6-12-8-9-19-15(12)10-13/h1-10,16,19-20H,11H2/t16-/m0/s1. The molecule has 0 saturated carbocycles.